The molecule has 0 amide bonds. The Hall–Kier alpha value is -0.970. The number of rotatable bonds is 4. The van der Waals surface area contributed by atoms with Gasteiger partial charge in [-0.05, 0) is 25.7 Å². The highest BCUT2D eigenvalue weighted by atomic mass is 32.2. The molecule has 2 rings (SSSR count). The Morgan fingerprint density at radius 3 is 2.80 bits per heavy atom. The number of aryl methyl sites for hydroxylation is 1. The second kappa shape index (κ2) is 3.56. The van der Waals surface area contributed by atoms with Crippen molar-refractivity contribution in [1.82, 2.24) is 9.55 Å². The molecule has 4 nitrogen and oxygen atoms in total. The molecule has 0 aromatic carbocycles. The predicted molar refractivity (Wildman–Crippen MR) is 57.8 cm³/mol. The zero-order valence-electron chi connectivity index (χ0n) is 8.80. The second-order valence-corrected chi connectivity index (χ2v) is 5.53. The van der Waals surface area contributed by atoms with E-state index in [1.54, 1.807) is 13.1 Å². The predicted octanol–water partition coefficient (Wildman–Crippen LogP) is 1.77. The lowest BCUT2D eigenvalue weighted by molar-refractivity contribution is -0.140. The maximum absolute atomic E-state index is 11.3. The first-order valence-electron chi connectivity index (χ1n) is 4.94. The standard InChI is InChI=1S/C10H14N2O2S/c1-10(8(13)14,7-3-4-7)15-9-11-5-6-12(9)2/h5-7H,3-4H2,1-2H3,(H,13,14). The molecule has 1 aliphatic carbocycles. The maximum atomic E-state index is 11.3. The molecule has 0 aliphatic heterocycles. The van der Waals surface area contributed by atoms with Crippen molar-refractivity contribution in [1.29, 1.82) is 0 Å². The molecule has 1 fully saturated rings. The molecule has 1 N–H and O–H groups in total. The summed E-state index contributed by atoms with van der Waals surface area (Å²) in [5, 5.41) is 10.0. The molecule has 1 aromatic rings. The number of carboxylic acids is 1. The molecular formula is C10H14N2O2S. The average Bonchev–Trinajstić information content (AvgIpc) is 2.94. The zero-order valence-corrected chi connectivity index (χ0v) is 9.62. The maximum Gasteiger partial charge on any atom is 0.320 e. The number of aliphatic carboxylic acids is 1. The van der Waals surface area contributed by atoms with Crippen molar-refractivity contribution >= 4 is 17.7 Å². The van der Waals surface area contributed by atoms with Crippen LogP contribution >= 0.6 is 11.8 Å². The fourth-order valence-corrected chi connectivity index (χ4v) is 2.76. The van der Waals surface area contributed by atoms with Crippen LogP contribution in [-0.2, 0) is 11.8 Å². The molecule has 1 heterocycles. The van der Waals surface area contributed by atoms with Crippen LogP contribution in [0.2, 0.25) is 0 Å². The van der Waals surface area contributed by atoms with Crippen molar-refractivity contribution in [2.24, 2.45) is 13.0 Å². The summed E-state index contributed by atoms with van der Waals surface area (Å²) < 4.78 is 1.13. The van der Waals surface area contributed by atoms with Gasteiger partial charge in [-0.2, -0.15) is 0 Å². The van der Waals surface area contributed by atoms with Gasteiger partial charge in [0.05, 0.1) is 0 Å². The molecular weight excluding hydrogens is 212 g/mol. The summed E-state index contributed by atoms with van der Waals surface area (Å²) in [6.07, 6.45) is 5.55. The molecule has 1 aliphatic rings. The first-order chi connectivity index (χ1) is 7.04. The van der Waals surface area contributed by atoms with Gasteiger partial charge in [-0.1, -0.05) is 11.8 Å². The summed E-state index contributed by atoms with van der Waals surface area (Å²) in [5.74, 6) is -0.449. The largest absolute Gasteiger partial charge is 0.480 e. The fraction of sp³-hybridized carbons (Fsp3) is 0.600. The quantitative estimate of drug-likeness (QED) is 0.795. The Bertz CT molecular complexity index is 387. The van der Waals surface area contributed by atoms with Crippen LogP contribution < -0.4 is 0 Å². The third kappa shape index (κ3) is 1.88. The van der Waals surface area contributed by atoms with Crippen molar-refractivity contribution in [3.63, 3.8) is 0 Å². The molecule has 82 valence electrons. The van der Waals surface area contributed by atoms with E-state index in [2.05, 4.69) is 4.98 Å². The van der Waals surface area contributed by atoms with Gasteiger partial charge in [0, 0.05) is 19.4 Å². The van der Waals surface area contributed by atoms with Crippen LogP contribution in [-0.4, -0.2) is 25.4 Å². The Labute approximate surface area is 92.7 Å². The van der Waals surface area contributed by atoms with E-state index in [1.807, 2.05) is 17.8 Å². The topological polar surface area (TPSA) is 55.1 Å². The number of hydrogen-bond acceptors (Lipinski definition) is 3. The SMILES string of the molecule is Cn1ccnc1SC(C)(C(=O)O)C1CC1. The normalized spacial score (nSPS) is 19.9. The number of aromatic nitrogens is 2. The van der Waals surface area contributed by atoms with E-state index in [0.29, 0.717) is 0 Å². The summed E-state index contributed by atoms with van der Waals surface area (Å²) in [6, 6.07) is 0. The van der Waals surface area contributed by atoms with E-state index < -0.39 is 10.7 Å². The van der Waals surface area contributed by atoms with Gasteiger partial charge in [-0.25, -0.2) is 4.98 Å². The van der Waals surface area contributed by atoms with Crippen molar-refractivity contribution < 1.29 is 9.90 Å². The molecule has 1 aromatic heterocycles. The van der Waals surface area contributed by atoms with Crippen LogP contribution in [0.5, 0.6) is 0 Å². The number of imidazole rings is 1. The van der Waals surface area contributed by atoms with Crippen LogP contribution in [0.15, 0.2) is 17.6 Å². The van der Waals surface area contributed by atoms with Crippen molar-refractivity contribution in [2.75, 3.05) is 0 Å². The smallest absolute Gasteiger partial charge is 0.320 e. The van der Waals surface area contributed by atoms with Crippen LogP contribution in [0.1, 0.15) is 19.8 Å². The minimum atomic E-state index is -0.738. The highest BCUT2D eigenvalue weighted by Crippen LogP contribution is 2.49. The summed E-state index contributed by atoms with van der Waals surface area (Å²) >= 11 is 1.36. The Morgan fingerprint density at radius 1 is 1.73 bits per heavy atom. The Balaban J connectivity index is 2.21. The first-order valence-corrected chi connectivity index (χ1v) is 5.75. The lowest BCUT2D eigenvalue weighted by Gasteiger charge is -2.23. The van der Waals surface area contributed by atoms with E-state index in [0.717, 1.165) is 18.0 Å². The van der Waals surface area contributed by atoms with Gasteiger partial charge in [0.25, 0.3) is 0 Å². The van der Waals surface area contributed by atoms with Gasteiger partial charge >= 0.3 is 5.97 Å². The van der Waals surface area contributed by atoms with Crippen LogP contribution in [0.25, 0.3) is 0 Å². The molecule has 15 heavy (non-hydrogen) atoms. The zero-order chi connectivity index (χ0) is 11.1. The van der Waals surface area contributed by atoms with Crippen molar-refractivity contribution in [3.05, 3.63) is 12.4 Å². The number of carbonyl (C=O) groups is 1. The van der Waals surface area contributed by atoms with Gasteiger partial charge in [-0.15, -0.1) is 0 Å². The molecule has 1 unspecified atom stereocenters. The van der Waals surface area contributed by atoms with E-state index >= 15 is 0 Å². The van der Waals surface area contributed by atoms with Crippen LogP contribution in [0, 0.1) is 5.92 Å². The van der Waals surface area contributed by atoms with E-state index in [1.165, 1.54) is 11.8 Å². The first kappa shape index (κ1) is 10.5. The van der Waals surface area contributed by atoms with E-state index in [9.17, 15) is 9.90 Å². The summed E-state index contributed by atoms with van der Waals surface area (Å²) in [6.45, 7) is 1.80. The molecule has 0 spiro atoms. The molecule has 0 radical (unpaired) electrons. The minimum absolute atomic E-state index is 0.289. The molecule has 1 saturated carbocycles. The minimum Gasteiger partial charge on any atom is -0.480 e. The highest BCUT2D eigenvalue weighted by Gasteiger charge is 2.49. The summed E-state index contributed by atoms with van der Waals surface area (Å²) in [5.41, 5.74) is 0. The monoisotopic (exact) mass is 226 g/mol. The van der Waals surface area contributed by atoms with Crippen molar-refractivity contribution in [2.45, 2.75) is 29.7 Å². The van der Waals surface area contributed by atoms with Crippen LogP contribution in [0.4, 0.5) is 0 Å². The highest BCUT2D eigenvalue weighted by molar-refractivity contribution is 8.01. The van der Waals surface area contributed by atoms with E-state index in [4.69, 9.17) is 0 Å². The number of hydrogen-bond donors (Lipinski definition) is 1. The second-order valence-electron chi connectivity index (χ2n) is 4.11. The van der Waals surface area contributed by atoms with E-state index in [-0.39, 0.29) is 5.92 Å². The Kier molecular flexibility index (Phi) is 2.50. The van der Waals surface area contributed by atoms with Gasteiger partial charge in [0.15, 0.2) is 5.16 Å². The molecule has 1 atom stereocenters. The number of carboxylic acid groups (broad SMARTS) is 1. The molecule has 5 heteroatoms. The summed E-state index contributed by atoms with van der Waals surface area (Å²) in [4.78, 5) is 15.4. The third-order valence-electron chi connectivity index (χ3n) is 2.86. The average molecular weight is 226 g/mol. The number of nitrogens with zero attached hydrogens (tertiary/aromatic N) is 2. The van der Waals surface area contributed by atoms with Gasteiger partial charge < -0.3 is 9.67 Å². The Morgan fingerprint density at radius 2 is 2.40 bits per heavy atom. The van der Waals surface area contributed by atoms with Gasteiger partial charge in [0.1, 0.15) is 4.75 Å². The van der Waals surface area contributed by atoms with Gasteiger partial charge in [-0.3, -0.25) is 4.79 Å². The lowest BCUT2D eigenvalue weighted by Crippen LogP contribution is -2.34. The molecule has 0 saturated heterocycles. The number of thioether (sulfide) groups is 1. The third-order valence-corrected chi connectivity index (χ3v) is 4.37. The van der Waals surface area contributed by atoms with Crippen molar-refractivity contribution in [3.8, 4) is 0 Å². The van der Waals surface area contributed by atoms with Crippen LogP contribution in [0.3, 0.4) is 0 Å². The molecule has 0 bridgehead atoms. The van der Waals surface area contributed by atoms with Gasteiger partial charge in [0.2, 0.25) is 0 Å². The summed E-state index contributed by atoms with van der Waals surface area (Å²) in [7, 11) is 1.88. The lowest BCUT2D eigenvalue weighted by atomic mass is 10.1. The fourth-order valence-electron chi connectivity index (χ4n) is 1.58.